The second-order valence-corrected chi connectivity index (χ2v) is 7.52. The Kier molecular flexibility index (Phi) is 4.99. The lowest BCUT2D eigenvalue weighted by atomic mass is 10.1. The summed E-state index contributed by atoms with van der Waals surface area (Å²) in [6.45, 7) is 0.296. The second kappa shape index (κ2) is 7.73. The average molecular weight is 396 g/mol. The zero-order valence-electron chi connectivity index (χ0n) is 14.2. The van der Waals surface area contributed by atoms with E-state index in [2.05, 4.69) is 15.6 Å². The Bertz CT molecular complexity index is 1040. The van der Waals surface area contributed by atoms with Gasteiger partial charge in [0.2, 0.25) is 5.91 Å². The number of hydrogen-bond acceptors (Lipinski definition) is 5. The number of imidazole rings is 1. The van der Waals surface area contributed by atoms with Crippen molar-refractivity contribution in [2.24, 2.45) is 0 Å². The lowest BCUT2D eigenvalue weighted by Crippen LogP contribution is -2.27. The number of rotatable bonds is 6. The molecule has 6 nitrogen and oxygen atoms in total. The fourth-order valence-corrected chi connectivity index (χ4v) is 3.94. The van der Waals surface area contributed by atoms with E-state index in [1.165, 1.54) is 11.3 Å². The topological polar surface area (TPSA) is 75.5 Å². The molecule has 136 valence electrons. The first-order chi connectivity index (χ1) is 13.2. The molecule has 1 aromatic carbocycles. The van der Waals surface area contributed by atoms with Crippen molar-refractivity contribution in [1.82, 2.24) is 14.7 Å². The van der Waals surface area contributed by atoms with E-state index in [4.69, 9.17) is 0 Å². The minimum atomic E-state index is -0.159. The number of fused-ring (bicyclic) bond motifs is 1. The highest BCUT2D eigenvalue weighted by Gasteiger charge is 2.08. The van der Waals surface area contributed by atoms with Crippen LogP contribution >= 0.6 is 22.7 Å². The van der Waals surface area contributed by atoms with Crippen molar-refractivity contribution in [3.8, 4) is 11.3 Å². The lowest BCUT2D eigenvalue weighted by Gasteiger charge is -2.07. The maximum absolute atomic E-state index is 12.0. The molecule has 0 bridgehead atoms. The first kappa shape index (κ1) is 17.4. The molecule has 27 heavy (non-hydrogen) atoms. The second-order valence-electron chi connectivity index (χ2n) is 5.86. The van der Waals surface area contributed by atoms with Gasteiger partial charge in [0.05, 0.1) is 5.69 Å². The molecule has 0 fully saturated rings. The zero-order valence-corrected chi connectivity index (χ0v) is 15.8. The first-order valence-corrected chi connectivity index (χ1v) is 10.1. The van der Waals surface area contributed by atoms with E-state index in [0.29, 0.717) is 17.8 Å². The molecule has 0 spiro atoms. The molecular weight excluding hydrogens is 380 g/mol. The summed E-state index contributed by atoms with van der Waals surface area (Å²) in [6.07, 6.45) is 4.17. The van der Waals surface area contributed by atoms with Crippen LogP contribution < -0.4 is 10.6 Å². The molecule has 0 aliphatic carbocycles. The normalized spacial score (nSPS) is 10.8. The summed E-state index contributed by atoms with van der Waals surface area (Å²) in [5.41, 5.74) is 3.23. The quantitative estimate of drug-likeness (QED) is 0.519. The summed E-state index contributed by atoms with van der Waals surface area (Å²) < 4.78 is 1.99. The van der Waals surface area contributed by atoms with Crippen LogP contribution in [0.1, 0.15) is 16.8 Å². The molecule has 8 heteroatoms. The summed E-state index contributed by atoms with van der Waals surface area (Å²) in [4.78, 5) is 29.4. The molecule has 0 radical (unpaired) electrons. The number of amides is 2. The van der Waals surface area contributed by atoms with Gasteiger partial charge in [-0.15, -0.1) is 11.3 Å². The van der Waals surface area contributed by atoms with Crippen LogP contribution in [0, 0.1) is 0 Å². The highest BCUT2D eigenvalue weighted by atomic mass is 32.1. The molecule has 0 aliphatic rings. The van der Waals surface area contributed by atoms with Gasteiger partial charge in [0.25, 0.3) is 5.91 Å². The fourth-order valence-electron chi connectivity index (χ4n) is 2.60. The SMILES string of the molecule is O=C(CCNC(=O)c1ccsc1)Nc1ccc(-c2cn3ccsc3n2)cc1. The molecule has 3 heterocycles. The van der Waals surface area contributed by atoms with Gasteiger partial charge in [-0.1, -0.05) is 12.1 Å². The average Bonchev–Trinajstić information content (AvgIpc) is 3.39. The van der Waals surface area contributed by atoms with Gasteiger partial charge in [0, 0.05) is 52.9 Å². The number of benzene rings is 1. The molecule has 0 saturated heterocycles. The van der Waals surface area contributed by atoms with Crippen LogP contribution in [-0.2, 0) is 4.79 Å². The van der Waals surface area contributed by atoms with E-state index in [1.54, 1.807) is 22.8 Å². The van der Waals surface area contributed by atoms with Crippen LogP contribution in [0.5, 0.6) is 0 Å². The Hall–Kier alpha value is -2.97. The third-order valence-electron chi connectivity index (χ3n) is 3.98. The van der Waals surface area contributed by atoms with Gasteiger partial charge in [-0.2, -0.15) is 11.3 Å². The minimum absolute atomic E-state index is 0.143. The number of hydrogen-bond donors (Lipinski definition) is 2. The Morgan fingerprint density at radius 3 is 2.70 bits per heavy atom. The van der Waals surface area contributed by atoms with E-state index >= 15 is 0 Å². The Morgan fingerprint density at radius 2 is 1.96 bits per heavy atom. The fraction of sp³-hybridized carbons (Fsp3) is 0.105. The smallest absolute Gasteiger partial charge is 0.252 e. The number of thiazole rings is 1. The van der Waals surface area contributed by atoms with Gasteiger partial charge in [-0.25, -0.2) is 4.98 Å². The molecule has 0 aliphatic heterocycles. The van der Waals surface area contributed by atoms with Crippen molar-refractivity contribution in [3.63, 3.8) is 0 Å². The van der Waals surface area contributed by atoms with E-state index in [-0.39, 0.29) is 18.2 Å². The Balaban J connectivity index is 1.29. The van der Waals surface area contributed by atoms with E-state index in [1.807, 2.05) is 51.8 Å². The molecule has 0 atom stereocenters. The number of nitrogens with zero attached hydrogens (tertiary/aromatic N) is 2. The van der Waals surface area contributed by atoms with Crippen molar-refractivity contribution in [2.75, 3.05) is 11.9 Å². The number of thiophene rings is 1. The number of anilines is 1. The van der Waals surface area contributed by atoms with E-state index in [9.17, 15) is 9.59 Å². The summed E-state index contributed by atoms with van der Waals surface area (Å²) >= 11 is 3.05. The Morgan fingerprint density at radius 1 is 1.11 bits per heavy atom. The van der Waals surface area contributed by atoms with Crippen molar-refractivity contribution in [2.45, 2.75) is 6.42 Å². The molecule has 2 amide bonds. The van der Waals surface area contributed by atoms with Gasteiger partial charge in [0.1, 0.15) is 0 Å². The first-order valence-electron chi connectivity index (χ1n) is 8.32. The maximum Gasteiger partial charge on any atom is 0.252 e. The van der Waals surface area contributed by atoms with Crippen LogP contribution in [0.3, 0.4) is 0 Å². The van der Waals surface area contributed by atoms with Crippen LogP contribution in [0.15, 0.2) is 58.9 Å². The maximum atomic E-state index is 12.0. The van der Waals surface area contributed by atoms with E-state index in [0.717, 1.165) is 16.2 Å². The molecule has 3 aromatic heterocycles. The molecular formula is C19H16N4O2S2. The van der Waals surface area contributed by atoms with Crippen LogP contribution in [0.4, 0.5) is 5.69 Å². The van der Waals surface area contributed by atoms with Crippen LogP contribution in [0.2, 0.25) is 0 Å². The monoisotopic (exact) mass is 396 g/mol. The standard InChI is InChI=1S/C19H16N4O2S2/c24-17(5-7-20-18(25)14-6-9-26-12-14)21-15-3-1-13(2-4-15)16-11-23-8-10-27-19(23)22-16/h1-4,6,8-12H,5,7H2,(H,20,25)(H,21,24). The number of nitrogens with one attached hydrogen (secondary N) is 2. The summed E-state index contributed by atoms with van der Waals surface area (Å²) in [7, 11) is 0. The predicted molar refractivity (Wildman–Crippen MR) is 108 cm³/mol. The molecule has 0 unspecified atom stereocenters. The summed E-state index contributed by atoms with van der Waals surface area (Å²) in [6, 6.07) is 9.32. The number of aromatic nitrogens is 2. The largest absolute Gasteiger partial charge is 0.351 e. The van der Waals surface area contributed by atoms with Gasteiger partial charge in [0.15, 0.2) is 4.96 Å². The zero-order chi connectivity index (χ0) is 18.6. The predicted octanol–water partition coefficient (Wildman–Crippen LogP) is 3.88. The highest BCUT2D eigenvalue weighted by molar-refractivity contribution is 7.15. The lowest BCUT2D eigenvalue weighted by molar-refractivity contribution is -0.116. The van der Waals surface area contributed by atoms with Crippen molar-refractivity contribution < 1.29 is 9.59 Å². The number of carbonyl (C=O) groups is 2. The van der Waals surface area contributed by atoms with Crippen molar-refractivity contribution in [1.29, 1.82) is 0 Å². The van der Waals surface area contributed by atoms with Crippen LogP contribution in [0.25, 0.3) is 16.2 Å². The molecule has 2 N–H and O–H groups in total. The third-order valence-corrected chi connectivity index (χ3v) is 5.43. The minimum Gasteiger partial charge on any atom is -0.351 e. The van der Waals surface area contributed by atoms with Gasteiger partial charge in [-0.05, 0) is 23.6 Å². The summed E-state index contributed by atoms with van der Waals surface area (Å²) in [5, 5.41) is 11.2. The van der Waals surface area contributed by atoms with Gasteiger partial charge in [-0.3, -0.25) is 14.0 Å². The third kappa shape index (κ3) is 4.07. The molecule has 0 saturated carbocycles. The van der Waals surface area contributed by atoms with Crippen molar-refractivity contribution in [3.05, 3.63) is 64.4 Å². The van der Waals surface area contributed by atoms with E-state index < -0.39 is 0 Å². The summed E-state index contributed by atoms with van der Waals surface area (Å²) in [5.74, 6) is -0.302. The molecule has 4 aromatic rings. The number of carbonyl (C=O) groups excluding carboxylic acids is 2. The van der Waals surface area contributed by atoms with Crippen molar-refractivity contribution >= 4 is 45.1 Å². The van der Waals surface area contributed by atoms with Crippen LogP contribution in [-0.4, -0.2) is 27.7 Å². The highest BCUT2D eigenvalue weighted by Crippen LogP contribution is 2.23. The van der Waals surface area contributed by atoms with Gasteiger partial charge < -0.3 is 10.6 Å². The Labute approximate surface area is 163 Å². The van der Waals surface area contributed by atoms with Gasteiger partial charge >= 0.3 is 0 Å². The molecule has 4 rings (SSSR count).